The molecule has 3 N–H and O–H groups in total. The van der Waals surface area contributed by atoms with Crippen LogP contribution in [0.4, 0.5) is 5.69 Å². The molecular weight excluding hydrogens is 246 g/mol. The maximum absolute atomic E-state index is 11.2. The smallest absolute Gasteiger partial charge is 0.356 e. The van der Waals surface area contributed by atoms with Crippen LogP contribution in [0.15, 0.2) is 6.20 Å². The highest BCUT2D eigenvalue weighted by molar-refractivity contribution is 5.91. The van der Waals surface area contributed by atoms with Crippen molar-refractivity contribution < 1.29 is 15.0 Å². The average molecular weight is 267 g/mol. The van der Waals surface area contributed by atoms with E-state index in [1.807, 2.05) is 27.7 Å². The number of nitrogens with one attached hydrogen (secondary N) is 1. The number of aromatic carboxylic acids is 1. The van der Waals surface area contributed by atoms with Gasteiger partial charge in [0, 0.05) is 5.92 Å². The summed E-state index contributed by atoms with van der Waals surface area (Å²) in [6.07, 6.45) is 1.47. The summed E-state index contributed by atoms with van der Waals surface area (Å²) in [5.74, 6) is -0.386. The van der Waals surface area contributed by atoms with Gasteiger partial charge in [-0.05, 0) is 5.92 Å². The number of nitrogens with zero attached hydrogens (tertiary/aromatic N) is 2. The Morgan fingerprint density at radius 2 is 2.00 bits per heavy atom. The first-order chi connectivity index (χ1) is 8.86. The normalized spacial score (nSPS) is 12.8. The van der Waals surface area contributed by atoms with Crippen LogP contribution in [0.3, 0.4) is 0 Å². The SMILES string of the molecule is CC(C)c1ncc(NC(CO)C(C)C)c(C(=O)O)n1. The van der Waals surface area contributed by atoms with Crippen LogP contribution in [0.2, 0.25) is 0 Å². The first kappa shape index (κ1) is 15.4. The molecule has 1 heterocycles. The number of aliphatic hydroxyl groups excluding tert-OH is 1. The minimum Gasteiger partial charge on any atom is -0.476 e. The molecule has 0 fully saturated rings. The van der Waals surface area contributed by atoms with Crippen molar-refractivity contribution in [2.45, 2.75) is 39.7 Å². The molecule has 0 aromatic carbocycles. The number of rotatable bonds is 6. The minimum atomic E-state index is -1.10. The summed E-state index contributed by atoms with van der Waals surface area (Å²) < 4.78 is 0. The molecule has 1 rings (SSSR count). The highest BCUT2D eigenvalue weighted by atomic mass is 16.4. The molecule has 19 heavy (non-hydrogen) atoms. The third-order valence-electron chi connectivity index (χ3n) is 2.87. The van der Waals surface area contributed by atoms with E-state index in [4.69, 9.17) is 0 Å². The minimum absolute atomic E-state index is 0.0576. The average Bonchev–Trinajstić information content (AvgIpc) is 2.35. The zero-order chi connectivity index (χ0) is 14.6. The van der Waals surface area contributed by atoms with Crippen LogP contribution in [0, 0.1) is 5.92 Å². The third-order valence-corrected chi connectivity index (χ3v) is 2.87. The topological polar surface area (TPSA) is 95.3 Å². The molecule has 1 aromatic rings. The van der Waals surface area contributed by atoms with E-state index in [0.29, 0.717) is 11.5 Å². The molecule has 0 radical (unpaired) electrons. The molecule has 6 nitrogen and oxygen atoms in total. The van der Waals surface area contributed by atoms with Gasteiger partial charge in [-0.2, -0.15) is 0 Å². The summed E-state index contributed by atoms with van der Waals surface area (Å²) in [6.45, 7) is 7.61. The molecule has 0 aliphatic carbocycles. The monoisotopic (exact) mass is 267 g/mol. The number of carboxylic acid groups (broad SMARTS) is 1. The number of hydrogen-bond acceptors (Lipinski definition) is 5. The molecule has 1 aromatic heterocycles. The summed E-state index contributed by atoms with van der Waals surface area (Å²) in [6, 6.07) is -0.230. The second kappa shape index (κ2) is 6.47. The fraction of sp³-hybridized carbons (Fsp3) is 0.615. The van der Waals surface area contributed by atoms with Gasteiger partial charge in [-0.15, -0.1) is 0 Å². The van der Waals surface area contributed by atoms with E-state index in [2.05, 4.69) is 15.3 Å². The van der Waals surface area contributed by atoms with Crippen molar-refractivity contribution in [1.29, 1.82) is 0 Å². The van der Waals surface area contributed by atoms with Crippen LogP contribution in [0.25, 0.3) is 0 Å². The van der Waals surface area contributed by atoms with Gasteiger partial charge in [0.15, 0.2) is 5.69 Å². The predicted octanol–water partition coefficient (Wildman–Crippen LogP) is 1.73. The Kier molecular flexibility index (Phi) is 5.23. The lowest BCUT2D eigenvalue weighted by atomic mass is 10.1. The van der Waals surface area contributed by atoms with Gasteiger partial charge in [0.1, 0.15) is 5.82 Å². The van der Waals surface area contributed by atoms with Crippen LogP contribution < -0.4 is 5.32 Å². The highest BCUT2D eigenvalue weighted by Crippen LogP contribution is 2.18. The van der Waals surface area contributed by atoms with Crippen molar-refractivity contribution in [1.82, 2.24) is 9.97 Å². The van der Waals surface area contributed by atoms with Gasteiger partial charge < -0.3 is 15.5 Å². The molecule has 0 saturated heterocycles. The van der Waals surface area contributed by atoms with Gasteiger partial charge in [-0.3, -0.25) is 0 Å². The number of aromatic nitrogens is 2. The second-order valence-electron chi connectivity index (χ2n) is 5.13. The lowest BCUT2D eigenvalue weighted by Gasteiger charge is -2.22. The van der Waals surface area contributed by atoms with E-state index in [0.717, 1.165) is 0 Å². The summed E-state index contributed by atoms with van der Waals surface area (Å²) in [5, 5.41) is 21.5. The van der Waals surface area contributed by atoms with Crippen molar-refractivity contribution in [3.8, 4) is 0 Å². The maximum atomic E-state index is 11.2. The quantitative estimate of drug-likeness (QED) is 0.726. The molecular formula is C13H21N3O3. The van der Waals surface area contributed by atoms with Gasteiger partial charge >= 0.3 is 5.97 Å². The Morgan fingerprint density at radius 3 is 2.42 bits per heavy atom. The van der Waals surface area contributed by atoms with Crippen molar-refractivity contribution in [2.75, 3.05) is 11.9 Å². The van der Waals surface area contributed by atoms with Crippen molar-refractivity contribution in [3.63, 3.8) is 0 Å². The number of anilines is 1. The summed E-state index contributed by atoms with van der Waals surface area (Å²) in [7, 11) is 0. The van der Waals surface area contributed by atoms with Gasteiger partial charge in [0.05, 0.1) is 24.5 Å². The summed E-state index contributed by atoms with van der Waals surface area (Å²) in [5.41, 5.74) is 0.280. The fourth-order valence-corrected chi connectivity index (χ4v) is 1.57. The first-order valence-electron chi connectivity index (χ1n) is 6.34. The van der Waals surface area contributed by atoms with Crippen LogP contribution in [-0.2, 0) is 0 Å². The van der Waals surface area contributed by atoms with Crippen LogP contribution >= 0.6 is 0 Å². The van der Waals surface area contributed by atoms with E-state index in [-0.39, 0.29) is 30.2 Å². The molecule has 0 amide bonds. The van der Waals surface area contributed by atoms with Crippen molar-refractivity contribution in [3.05, 3.63) is 17.7 Å². The van der Waals surface area contributed by atoms with Gasteiger partial charge in [0.25, 0.3) is 0 Å². The fourth-order valence-electron chi connectivity index (χ4n) is 1.57. The Labute approximate surface area is 112 Å². The number of aliphatic hydroxyl groups is 1. The highest BCUT2D eigenvalue weighted by Gasteiger charge is 2.19. The predicted molar refractivity (Wildman–Crippen MR) is 72.4 cm³/mol. The Hall–Kier alpha value is -1.69. The van der Waals surface area contributed by atoms with Crippen molar-refractivity contribution in [2.24, 2.45) is 5.92 Å². The van der Waals surface area contributed by atoms with E-state index in [1.54, 1.807) is 0 Å². The standard InChI is InChI=1S/C13H21N3O3/c1-7(2)10(6-17)15-9-5-14-12(8(3)4)16-11(9)13(18)19/h5,7-8,10,15,17H,6H2,1-4H3,(H,18,19). The van der Waals surface area contributed by atoms with Crippen LogP contribution in [0.1, 0.15) is 49.9 Å². The Bertz CT molecular complexity index is 447. The molecule has 1 unspecified atom stereocenters. The number of carbonyl (C=O) groups is 1. The zero-order valence-electron chi connectivity index (χ0n) is 11.7. The molecule has 106 valence electrons. The van der Waals surface area contributed by atoms with Crippen LogP contribution in [0.5, 0.6) is 0 Å². The molecule has 0 bridgehead atoms. The lowest BCUT2D eigenvalue weighted by Crippen LogP contribution is -2.30. The van der Waals surface area contributed by atoms with Gasteiger partial charge in [0.2, 0.25) is 0 Å². The second-order valence-corrected chi connectivity index (χ2v) is 5.13. The molecule has 0 aliphatic heterocycles. The summed E-state index contributed by atoms with van der Waals surface area (Å²) >= 11 is 0. The Balaban J connectivity index is 3.09. The van der Waals surface area contributed by atoms with E-state index < -0.39 is 5.97 Å². The molecule has 1 atom stereocenters. The van der Waals surface area contributed by atoms with Gasteiger partial charge in [-0.25, -0.2) is 14.8 Å². The Morgan fingerprint density at radius 1 is 1.37 bits per heavy atom. The molecule has 0 spiro atoms. The third kappa shape index (κ3) is 3.89. The van der Waals surface area contributed by atoms with E-state index in [9.17, 15) is 15.0 Å². The summed E-state index contributed by atoms with van der Waals surface area (Å²) in [4.78, 5) is 19.5. The largest absolute Gasteiger partial charge is 0.476 e. The first-order valence-corrected chi connectivity index (χ1v) is 6.34. The molecule has 6 heteroatoms. The van der Waals surface area contributed by atoms with Crippen LogP contribution in [-0.4, -0.2) is 38.8 Å². The molecule has 0 aliphatic rings. The zero-order valence-corrected chi connectivity index (χ0v) is 11.7. The van der Waals surface area contributed by atoms with Crippen molar-refractivity contribution >= 4 is 11.7 Å². The maximum Gasteiger partial charge on any atom is 0.356 e. The van der Waals surface area contributed by atoms with Gasteiger partial charge in [-0.1, -0.05) is 27.7 Å². The van der Waals surface area contributed by atoms with E-state index in [1.165, 1.54) is 6.20 Å². The van der Waals surface area contributed by atoms with E-state index >= 15 is 0 Å². The lowest BCUT2D eigenvalue weighted by molar-refractivity contribution is 0.0690. The molecule has 0 saturated carbocycles. The number of carboxylic acids is 1. The number of hydrogen-bond donors (Lipinski definition) is 3.